The van der Waals surface area contributed by atoms with E-state index in [1.165, 1.54) is 0 Å². The van der Waals surface area contributed by atoms with Gasteiger partial charge in [-0.15, -0.1) is 0 Å². The molecule has 1 aliphatic carbocycles. The van der Waals surface area contributed by atoms with Crippen LogP contribution in [0.4, 0.5) is 5.69 Å². The third-order valence-electron chi connectivity index (χ3n) is 3.66. The summed E-state index contributed by atoms with van der Waals surface area (Å²) in [4.78, 5) is 11.9. The SMILES string of the molecule is N#CCC1(COC(=O)c2cc3cc(N)ccc3o2)CC1. The maximum Gasteiger partial charge on any atom is 0.374 e. The second kappa shape index (κ2) is 4.57. The molecule has 0 spiro atoms. The van der Waals surface area contributed by atoms with Crippen LogP contribution in [0.1, 0.15) is 29.8 Å². The number of esters is 1. The van der Waals surface area contributed by atoms with Gasteiger partial charge >= 0.3 is 5.97 Å². The summed E-state index contributed by atoms with van der Waals surface area (Å²) in [7, 11) is 0. The molecular formula is C15H14N2O3. The number of nitrogens with zero attached hydrogens (tertiary/aromatic N) is 1. The summed E-state index contributed by atoms with van der Waals surface area (Å²) in [6.45, 7) is 0.276. The van der Waals surface area contributed by atoms with Crippen LogP contribution in [0.15, 0.2) is 28.7 Å². The smallest absolute Gasteiger partial charge is 0.374 e. The quantitative estimate of drug-likeness (QED) is 0.681. The van der Waals surface area contributed by atoms with Crippen molar-refractivity contribution in [2.24, 2.45) is 5.41 Å². The minimum absolute atomic E-state index is 0.124. The highest BCUT2D eigenvalue weighted by atomic mass is 16.5. The lowest BCUT2D eigenvalue weighted by atomic mass is 10.1. The van der Waals surface area contributed by atoms with E-state index in [9.17, 15) is 4.79 Å². The van der Waals surface area contributed by atoms with Crippen LogP contribution in [-0.4, -0.2) is 12.6 Å². The van der Waals surface area contributed by atoms with Crippen LogP contribution in [0.25, 0.3) is 11.0 Å². The average Bonchev–Trinajstić information content (AvgIpc) is 3.06. The number of carbonyl (C=O) groups is 1. The van der Waals surface area contributed by atoms with Crippen molar-refractivity contribution in [1.29, 1.82) is 5.26 Å². The van der Waals surface area contributed by atoms with Gasteiger partial charge in [0.25, 0.3) is 0 Å². The summed E-state index contributed by atoms with van der Waals surface area (Å²) >= 11 is 0. The Morgan fingerprint density at radius 2 is 2.25 bits per heavy atom. The Bertz CT molecular complexity index is 707. The predicted octanol–water partition coefficient (Wildman–Crippen LogP) is 2.87. The minimum atomic E-state index is -0.496. The van der Waals surface area contributed by atoms with Crippen molar-refractivity contribution < 1.29 is 13.9 Å². The Morgan fingerprint density at radius 3 is 2.95 bits per heavy atom. The van der Waals surface area contributed by atoms with Crippen LogP contribution in [0.5, 0.6) is 0 Å². The van der Waals surface area contributed by atoms with Gasteiger partial charge in [0.05, 0.1) is 12.7 Å². The van der Waals surface area contributed by atoms with E-state index in [1.54, 1.807) is 24.3 Å². The van der Waals surface area contributed by atoms with Crippen molar-refractivity contribution in [2.45, 2.75) is 19.3 Å². The Morgan fingerprint density at radius 1 is 1.45 bits per heavy atom. The zero-order valence-electron chi connectivity index (χ0n) is 10.9. The lowest BCUT2D eigenvalue weighted by Gasteiger charge is -2.10. The number of furan rings is 1. The summed E-state index contributed by atoms with van der Waals surface area (Å²) in [5.74, 6) is -0.331. The molecule has 1 fully saturated rings. The Balaban J connectivity index is 1.71. The zero-order valence-corrected chi connectivity index (χ0v) is 10.9. The highest BCUT2D eigenvalue weighted by Crippen LogP contribution is 2.48. The first-order chi connectivity index (χ1) is 9.62. The number of rotatable bonds is 4. The number of hydrogen-bond acceptors (Lipinski definition) is 5. The third-order valence-corrected chi connectivity index (χ3v) is 3.66. The highest BCUT2D eigenvalue weighted by Gasteiger charge is 2.44. The zero-order chi connectivity index (χ0) is 14.2. The predicted molar refractivity (Wildman–Crippen MR) is 72.8 cm³/mol. The molecule has 0 unspecified atom stereocenters. The number of fused-ring (bicyclic) bond motifs is 1. The van der Waals surface area contributed by atoms with E-state index >= 15 is 0 Å². The van der Waals surface area contributed by atoms with E-state index in [4.69, 9.17) is 20.1 Å². The number of nitrogen functional groups attached to an aromatic ring is 1. The fraction of sp³-hybridized carbons (Fsp3) is 0.333. The van der Waals surface area contributed by atoms with Crippen molar-refractivity contribution in [3.63, 3.8) is 0 Å². The molecule has 0 amide bonds. The number of carbonyl (C=O) groups excluding carboxylic acids is 1. The molecule has 0 aliphatic heterocycles. The van der Waals surface area contributed by atoms with Gasteiger partial charge < -0.3 is 14.9 Å². The molecule has 0 atom stereocenters. The van der Waals surface area contributed by atoms with Gasteiger partial charge in [0, 0.05) is 22.9 Å². The monoisotopic (exact) mass is 270 g/mol. The van der Waals surface area contributed by atoms with E-state index in [0.29, 0.717) is 17.7 Å². The molecule has 1 aliphatic rings. The first-order valence-electron chi connectivity index (χ1n) is 6.45. The molecule has 3 rings (SSSR count). The van der Waals surface area contributed by atoms with Crippen LogP contribution in [0, 0.1) is 16.7 Å². The Hall–Kier alpha value is -2.48. The summed E-state index contributed by atoms with van der Waals surface area (Å²) in [6.07, 6.45) is 2.30. The van der Waals surface area contributed by atoms with Crippen molar-refractivity contribution in [3.05, 3.63) is 30.0 Å². The number of anilines is 1. The lowest BCUT2D eigenvalue weighted by Crippen LogP contribution is -2.14. The number of hydrogen-bond donors (Lipinski definition) is 1. The standard InChI is InChI=1S/C15H14N2O3/c16-6-5-15(3-4-15)9-19-14(18)13-8-10-7-11(17)1-2-12(10)20-13/h1-2,7-8H,3-5,9,17H2. The summed E-state index contributed by atoms with van der Waals surface area (Å²) in [5, 5.41) is 9.50. The van der Waals surface area contributed by atoms with Crippen molar-refractivity contribution in [3.8, 4) is 6.07 Å². The lowest BCUT2D eigenvalue weighted by molar-refractivity contribution is 0.0386. The van der Waals surface area contributed by atoms with Gasteiger partial charge in [-0.3, -0.25) is 0 Å². The maximum atomic E-state index is 11.9. The Labute approximate surface area is 115 Å². The molecule has 1 saturated carbocycles. The van der Waals surface area contributed by atoms with Crippen LogP contribution in [0.2, 0.25) is 0 Å². The summed E-state index contributed by atoms with van der Waals surface area (Å²) in [5.41, 5.74) is 6.77. The topological polar surface area (TPSA) is 89.2 Å². The van der Waals surface area contributed by atoms with Gasteiger partial charge in [-0.25, -0.2) is 4.79 Å². The fourth-order valence-electron chi connectivity index (χ4n) is 2.17. The molecule has 5 heteroatoms. The maximum absolute atomic E-state index is 11.9. The normalized spacial score (nSPS) is 15.8. The van der Waals surface area contributed by atoms with Gasteiger partial charge in [0.2, 0.25) is 5.76 Å². The van der Waals surface area contributed by atoms with Crippen LogP contribution >= 0.6 is 0 Å². The van der Waals surface area contributed by atoms with Crippen molar-refractivity contribution >= 4 is 22.6 Å². The number of nitrogens with two attached hydrogens (primary N) is 1. The fourth-order valence-corrected chi connectivity index (χ4v) is 2.17. The first-order valence-corrected chi connectivity index (χ1v) is 6.45. The number of nitriles is 1. The molecule has 0 radical (unpaired) electrons. The number of benzene rings is 1. The molecule has 1 heterocycles. The molecular weight excluding hydrogens is 256 g/mol. The van der Waals surface area contributed by atoms with E-state index < -0.39 is 5.97 Å². The van der Waals surface area contributed by atoms with E-state index in [2.05, 4.69) is 6.07 Å². The Kier molecular flexibility index (Phi) is 2.87. The van der Waals surface area contributed by atoms with E-state index in [1.807, 2.05) is 0 Å². The summed E-state index contributed by atoms with van der Waals surface area (Å²) in [6, 6.07) is 8.94. The van der Waals surface area contributed by atoms with Gasteiger partial charge in [-0.2, -0.15) is 5.26 Å². The molecule has 20 heavy (non-hydrogen) atoms. The number of ether oxygens (including phenoxy) is 1. The van der Waals surface area contributed by atoms with E-state index in [-0.39, 0.29) is 17.8 Å². The van der Waals surface area contributed by atoms with E-state index in [0.717, 1.165) is 18.2 Å². The average molecular weight is 270 g/mol. The largest absolute Gasteiger partial charge is 0.459 e. The highest BCUT2D eigenvalue weighted by molar-refractivity contribution is 5.93. The van der Waals surface area contributed by atoms with Gasteiger partial charge in [0.15, 0.2) is 0 Å². The second-order valence-electron chi connectivity index (χ2n) is 5.32. The molecule has 0 bridgehead atoms. The van der Waals surface area contributed by atoms with Gasteiger partial charge in [0.1, 0.15) is 5.58 Å². The van der Waals surface area contributed by atoms with Crippen molar-refractivity contribution in [2.75, 3.05) is 12.3 Å². The van der Waals surface area contributed by atoms with Crippen LogP contribution < -0.4 is 5.73 Å². The molecule has 1 aromatic carbocycles. The summed E-state index contributed by atoms with van der Waals surface area (Å²) < 4.78 is 10.7. The van der Waals surface area contributed by atoms with Crippen molar-refractivity contribution in [1.82, 2.24) is 0 Å². The van der Waals surface area contributed by atoms with Crippen LogP contribution in [-0.2, 0) is 4.74 Å². The first kappa shape index (κ1) is 12.5. The molecule has 1 aromatic heterocycles. The van der Waals surface area contributed by atoms with Gasteiger partial charge in [-0.1, -0.05) is 0 Å². The third kappa shape index (κ3) is 2.32. The molecule has 2 N–H and O–H groups in total. The molecule has 102 valence electrons. The molecule has 5 nitrogen and oxygen atoms in total. The molecule has 0 saturated heterocycles. The second-order valence-corrected chi connectivity index (χ2v) is 5.32. The minimum Gasteiger partial charge on any atom is -0.459 e. The van der Waals surface area contributed by atoms with Crippen LogP contribution in [0.3, 0.4) is 0 Å². The van der Waals surface area contributed by atoms with Gasteiger partial charge in [-0.05, 0) is 37.1 Å². The molecule has 2 aromatic rings.